The summed E-state index contributed by atoms with van der Waals surface area (Å²) in [5.74, 6) is 0. The number of hydrogen-bond donors (Lipinski definition) is 0. The number of rotatable bonds is 3. The standard InChI is InChI=1S/C9H18O3/c1-5-11-8(10)12-7-6-9(2,3)4/h5-7H2,1-4H3. The third-order valence-electron chi connectivity index (χ3n) is 1.33. The van der Waals surface area contributed by atoms with E-state index in [2.05, 4.69) is 25.5 Å². The molecule has 0 aliphatic heterocycles. The molecule has 3 nitrogen and oxygen atoms in total. The maximum atomic E-state index is 10.7. The fourth-order valence-corrected chi connectivity index (χ4v) is 0.600. The Bertz CT molecular complexity index is 135. The molecular weight excluding hydrogens is 156 g/mol. The second kappa shape index (κ2) is 5.01. The first kappa shape index (κ1) is 11.3. The van der Waals surface area contributed by atoms with Crippen molar-refractivity contribution >= 4 is 6.16 Å². The van der Waals surface area contributed by atoms with E-state index < -0.39 is 6.16 Å². The van der Waals surface area contributed by atoms with Gasteiger partial charge < -0.3 is 9.47 Å². The molecule has 0 aromatic rings. The fraction of sp³-hybridized carbons (Fsp3) is 0.889. The van der Waals surface area contributed by atoms with Gasteiger partial charge in [-0.3, -0.25) is 0 Å². The lowest BCUT2D eigenvalue weighted by atomic mass is 9.93. The molecule has 0 fully saturated rings. The average molecular weight is 174 g/mol. The molecule has 12 heavy (non-hydrogen) atoms. The van der Waals surface area contributed by atoms with Gasteiger partial charge in [-0.05, 0) is 18.8 Å². The Morgan fingerprint density at radius 1 is 1.25 bits per heavy atom. The fourth-order valence-electron chi connectivity index (χ4n) is 0.600. The Kier molecular flexibility index (Phi) is 4.71. The van der Waals surface area contributed by atoms with Crippen LogP contribution >= 0.6 is 0 Å². The highest BCUT2D eigenvalue weighted by Crippen LogP contribution is 2.17. The molecule has 0 saturated carbocycles. The minimum Gasteiger partial charge on any atom is -0.435 e. The van der Waals surface area contributed by atoms with Crippen molar-refractivity contribution in [1.82, 2.24) is 0 Å². The lowest BCUT2D eigenvalue weighted by Crippen LogP contribution is -2.13. The highest BCUT2D eigenvalue weighted by atomic mass is 16.7. The van der Waals surface area contributed by atoms with E-state index in [1.807, 2.05) is 0 Å². The van der Waals surface area contributed by atoms with E-state index in [1.54, 1.807) is 6.92 Å². The molecule has 0 amide bonds. The SMILES string of the molecule is CCOC(=O)OCCC(C)(C)C. The minimum atomic E-state index is -0.568. The molecule has 0 atom stereocenters. The van der Waals surface area contributed by atoms with Crippen LogP contribution in [-0.2, 0) is 9.47 Å². The quantitative estimate of drug-likeness (QED) is 0.617. The first-order chi connectivity index (χ1) is 5.45. The number of hydrogen-bond acceptors (Lipinski definition) is 3. The number of ether oxygens (including phenoxy) is 2. The van der Waals surface area contributed by atoms with Gasteiger partial charge in [-0.25, -0.2) is 4.79 Å². The summed E-state index contributed by atoms with van der Waals surface area (Å²) in [4.78, 5) is 10.7. The van der Waals surface area contributed by atoms with E-state index in [0.717, 1.165) is 6.42 Å². The van der Waals surface area contributed by atoms with Gasteiger partial charge in [-0.15, -0.1) is 0 Å². The minimum absolute atomic E-state index is 0.201. The van der Waals surface area contributed by atoms with Crippen LogP contribution in [0.1, 0.15) is 34.1 Å². The van der Waals surface area contributed by atoms with E-state index in [9.17, 15) is 4.79 Å². The van der Waals surface area contributed by atoms with Crippen molar-refractivity contribution in [3.63, 3.8) is 0 Å². The van der Waals surface area contributed by atoms with E-state index in [0.29, 0.717) is 13.2 Å². The Hall–Kier alpha value is -0.730. The van der Waals surface area contributed by atoms with E-state index in [1.165, 1.54) is 0 Å². The Morgan fingerprint density at radius 3 is 2.25 bits per heavy atom. The van der Waals surface area contributed by atoms with Gasteiger partial charge in [0, 0.05) is 0 Å². The highest BCUT2D eigenvalue weighted by Gasteiger charge is 2.11. The van der Waals surface area contributed by atoms with Crippen molar-refractivity contribution in [2.24, 2.45) is 5.41 Å². The summed E-state index contributed by atoms with van der Waals surface area (Å²) < 4.78 is 9.39. The molecule has 0 unspecified atom stereocenters. The molecular formula is C9H18O3. The Labute approximate surface area is 74.0 Å². The van der Waals surface area contributed by atoms with Crippen LogP contribution in [-0.4, -0.2) is 19.4 Å². The van der Waals surface area contributed by atoms with Gasteiger partial charge in [0.05, 0.1) is 13.2 Å². The summed E-state index contributed by atoms with van der Waals surface area (Å²) in [6, 6.07) is 0. The van der Waals surface area contributed by atoms with Crippen molar-refractivity contribution in [3.8, 4) is 0 Å². The van der Waals surface area contributed by atoms with E-state index in [-0.39, 0.29) is 5.41 Å². The molecule has 0 bridgehead atoms. The first-order valence-corrected chi connectivity index (χ1v) is 4.25. The van der Waals surface area contributed by atoms with Crippen molar-refractivity contribution in [1.29, 1.82) is 0 Å². The summed E-state index contributed by atoms with van der Waals surface area (Å²) >= 11 is 0. The van der Waals surface area contributed by atoms with Crippen LogP contribution in [0.25, 0.3) is 0 Å². The van der Waals surface area contributed by atoms with Crippen molar-refractivity contribution in [3.05, 3.63) is 0 Å². The monoisotopic (exact) mass is 174 g/mol. The summed E-state index contributed by atoms with van der Waals surface area (Å²) in [5.41, 5.74) is 0.201. The van der Waals surface area contributed by atoms with Crippen LogP contribution in [0.5, 0.6) is 0 Å². The maximum Gasteiger partial charge on any atom is 0.508 e. The summed E-state index contributed by atoms with van der Waals surface area (Å²) in [7, 11) is 0. The van der Waals surface area contributed by atoms with Crippen LogP contribution in [0.3, 0.4) is 0 Å². The zero-order chi connectivity index (χ0) is 9.61. The molecule has 72 valence electrons. The largest absolute Gasteiger partial charge is 0.508 e. The second-order valence-electron chi connectivity index (χ2n) is 3.84. The van der Waals surface area contributed by atoms with Gasteiger partial charge >= 0.3 is 6.16 Å². The second-order valence-corrected chi connectivity index (χ2v) is 3.84. The molecule has 0 heterocycles. The van der Waals surface area contributed by atoms with Crippen LogP contribution in [0.4, 0.5) is 4.79 Å². The third-order valence-corrected chi connectivity index (χ3v) is 1.33. The van der Waals surface area contributed by atoms with E-state index >= 15 is 0 Å². The predicted octanol–water partition coefficient (Wildman–Crippen LogP) is 2.60. The summed E-state index contributed by atoms with van der Waals surface area (Å²) in [6.45, 7) is 8.85. The molecule has 0 saturated heterocycles. The molecule has 0 aromatic carbocycles. The zero-order valence-electron chi connectivity index (χ0n) is 8.35. The molecule has 0 N–H and O–H groups in total. The summed E-state index contributed by atoms with van der Waals surface area (Å²) in [5, 5.41) is 0. The van der Waals surface area contributed by atoms with Crippen LogP contribution in [0.2, 0.25) is 0 Å². The van der Waals surface area contributed by atoms with Gasteiger partial charge in [0.1, 0.15) is 0 Å². The zero-order valence-corrected chi connectivity index (χ0v) is 8.35. The molecule has 0 aromatic heterocycles. The Morgan fingerprint density at radius 2 is 1.83 bits per heavy atom. The van der Waals surface area contributed by atoms with Gasteiger partial charge in [-0.1, -0.05) is 20.8 Å². The van der Waals surface area contributed by atoms with E-state index in [4.69, 9.17) is 4.74 Å². The molecule has 0 aliphatic carbocycles. The average Bonchev–Trinajstić information content (AvgIpc) is 1.84. The smallest absolute Gasteiger partial charge is 0.435 e. The van der Waals surface area contributed by atoms with Crippen molar-refractivity contribution < 1.29 is 14.3 Å². The van der Waals surface area contributed by atoms with Gasteiger partial charge in [0.2, 0.25) is 0 Å². The molecule has 0 aliphatic rings. The summed E-state index contributed by atoms with van der Waals surface area (Å²) in [6.07, 6.45) is 0.285. The number of carbonyl (C=O) groups excluding carboxylic acids is 1. The predicted molar refractivity (Wildman–Crippen MR) is 47.0 cm³/mol. The topological polar surface area (TPSA) is 35.5 Å². The Balaban J connectivity index is 3.37. The molecule has 0 radical (unpaired) electrons. The first-order valence-electron chi connectivity index (χ1n) is 4.25. The number of carbonyl (C=O) groups is 1. The normalized spacial score (nSPS) is 11.0. The van der Waals surface area contributed by atoms with Crippen LogP contribution < -0.4 is 0 Å². The van der Waals surface area contributed by atoms with Crippen LogP contribution in [0, 0.1) is 5.41 Å². The molecule has 0 spiro atoms. The van der Waals surface area contributed by atoms with Crippen molar-refractivity contribution in [2.45, 2.75) is 34.1 Å². The maximum absolute atomic E-state index is 10.7. The van der Waals surface area contributed by atoms with Gasteiger partial charge in [0.15, 0.2) is 0 Å². The highest BCUT2D eigenvalue weighted by molar-refractivity contribution is 5.59. The molecule has 3 heteroatoms. The third kappa shape index (κ3) is 7.38. The lowest BCUT2D eigenvalue weighted by molar-refractivity contribution is 0.0519. The van der Waals surface area contributed by atoms with Crippen LogP contribution in [0.15, 0.2) is 0 Å². The van der Waals surface area contributed by atoms with Gasteiger partial charge in [-0.2, -0.15) is 0 Å². The van der Waals surface area contributed by atoms with Gasteiger partial charge in [0.25, 0.3) is 0 Å². The molecule has 0 rings (SSSR count). The lowest BCUT2D eigenvalue weighted by Gasteiger charge is -2.17. The van der Waals surface area contributed by atoms with Crippen molar-refractivity contribution in [2.75, 3.05) is 13.2 Å².